The molecule has 0 aromatic heterocycles. The van der Waals surface area contributed by atoms with Crippen molar-refractivity contribution in [1.29, 1.82) is 0 Å². The van der Waals surface area contributed by atoms with Gasteiger partial charge in [0.1, 0.15) is 10.4 Å². The molecule has 0 spiro atoms. The molecule has 1 aliphatic heterocycles. The number of ether oxygens (including phenoxy) is 2. The first kappa shape index (κ1) is 19.9. The van der Waals surface area contributed by atoms with Crippen LogP contribution in [0.2, 0.25) is 10.0 Å². The van der Waals surface area contributed by atoms with E-state index in [2.05, 4.69) is 20.7 Å². The molecule has 1 saturated heterocycles. The standard InChI is InChI=1S/C14H16BrCl2NO5S/c1-22-13(19)14(4-6-23-7-5-14)18-24(20,21)11-3-2-10(16)9(8-15)12(11)17/h2-3,18H,4-8H2,1H3. The van der Waals surface area contributed by atoms with E-state index >= 15 is 0 Å². The van der Waals surface area contributed by atoms with Crippen LogP contribution in [0.25, 0.3) is 0 Å². The van der Waals surface area contributed by atoms with Gasteiger partial charge < -0.3 is 9.47 Å². The molecule has 134 valence electrons. The SMILES string of the molecule is COC(=O)C1(NS(=O)(=O)c2ccc(Cl)c(CBr)c2Cl)CCOCC1. The quantitative estimate of drug-likeness (QED) is 0.539. The average Bonchev–Trinajstić information content (AvgIpc) is 2.54. The molecule has 0 bridgehead atoms. The van der Waals surface area contributed by atoms with Crippen molar-refractivity contribution in [3.05, 3.63) is 27.7 Å². The number of methoxy groups -OCH3 is 1. The van der Waals surface area contributed by atoms with E-state index in [1.54, 1.807) is 0 Å². The summed E-state index contributed by atoms with van der Waals surface area (Å²) >= 11 is 15.5. The Labute approximate surface area is 159 Å². The zero-order chi connectivity index (χ0) is 18.0. The second-order valence-corrected chi connectivity index (χ2v) is 8.26. The Hall–Kier alpha value is -0.380. The average molecular weight is 461 g/mol. The van der Waals surface area contributed by atoms with Crippen LogP contribution in [-0.4, -0.2) is 40.2 Å². The van der Waals surface area contributed by atoms with E-state index in [-0.39, 0.29) is 36.0 Å². The number of rotatable bonds is 5. The van der Waals surface area contributed by atoms with Crippen LogP contribution in [0.1, 0.15) is 18.4 Å². The topological polar surface area (TPSA) is 81.7 Å². The number of alkyl halides is 1. The molecule has 1 aromatic rings. The minimum Gasteiger partial charge on any atom is -0.468 e. The number of benzene rings is 1. The molecule has 0 atom stereocenters. The lowest BCUT2D eigenvalue weighted by Crippen LogP contribution is -2.57. The van der Waals surface area contributed by atoms with Gasteiger partial charge in [-0.05, 0) is 12.1 Å². The largest absolute Gasteiger partial charge is 0.468 e. The van der Waals surface area contributed by atoms with Gasteiger partial charge in [-0.15, -0.1) is 0 Å². The van der Waals surface area contributed by atoms with E-state index in [4.69, 9.17) is 32.7 Å². The summed E-state index contributed by atoms with van der Waals surface area (Å²) in [7, 11) is -2.86. The van der Waals surface area contributed by atoms with Gasteiger partial charge >= 0.3 is 5.97 Å². The van der Waals surface area contributed by atoms with Crippen LogP contribution in [0.15, 0.2) is 17.0 Å². The highest BCUT2D eigenvalue weighted by atomic mass is 79.9. The lowest BCUT2D eigenvalue weighted by Gasteiger charge is -2.34. The second-order valence-electron chi connectivity index (χ2n) is 5.26. The van der Waals surface area contributed by atoms with E-state index in [0.717, 1.165) is 0 Å². The number of hydrogen-bond acceptors (Lipinski definition) is 5. The Morgan fingerprint density at radius 1 is 1.38 bits per heavy atom. The van der Waals surface area contributed by atoms with Gasteiger partial charge in [0.15, 0.2) is 0 Å². The predicted molar refractivity (Wildman–Crippen MR) is 94.2 cm³/mol. The second kappa shape index (κ2) is 7.88. The molecule has 0 unspecified atom stereocenters. The van der Waals surface area contributed by atoms with Gasteiger partial charge in [0.05, 0.1) is 12.1 Å². The molecule has 0 radical (unpaired) electrons. The molecular weight excluding hydrogens is 445 g/mol. The maximum absolute atomic E-state index is 12.8. The van der Waals surface area contributed by atoms with E-state index in [9.17, 15) is 13.2 Å². The van der Waals surface area contributed by atoms with Gasteiger partial charge in [-0.25, -0.2) is 8.42 Å². The lowest BCUT2D eigenvalue weighted by molar-refractivity contribution is -0.151. The maximum Gasteiger partial charge on any atom is 0.327 e. The summed E-state index contributed by atoms with van der Waals surface area (Å²) in [4.78, 5) is 12.1. The first-order valence-corrected chi connectivity index (χ1v) is 10.4. The molecule has 1 fully saturated rings. The third-order valence-electron chi connectivity index (χ3n) is 3.83. The van der Waals surface area contributed by atoms with Gasteiger partial charge in [0.25, 0.3) is 0 Å². The van der Waals surface area contributed by atoms with Gasteiger partial charge in [-0.3, -0.25) is 4.79 Å². The van der Waals surface area contributed by atoms with Gasteiger partial charge in [0.2, 0.25) is 10.0 Å². The molecule has 1 aliphatic rings. The van der Waals surface area contributed by atoms with Crippen molar-refractivity contribution in [1.82, 2.24) is 4.72 Å². The number of carbonyl (C=O) groups is 1. The van der Waals surface area contributed by atoms with Crippen molar-refractivity contribution in [3.8, 4) is 0 Å². The number of esters is 1. The highest BCUT2D eigenvalue weighted by molar-refractivity contribution is 9.08. The van der Waals surface area contributed by atoms with Gasteiger partial charge in [0, 0.05) is 42.0 Å². The summed E-state index contributed by atoms with van der Waals surface area (Å²) in [6, 6.07) is 2.76. The highest BCUT2D eigenvalue weighted by Crippen LogP contribution is 2.34. The van der Waals surface area contributed by atoms with Crippen molar-refractivity contribution in [2.75, 3.05) is 20.3 Å². The first-order chi connectivity index (χ1) is 11.3. The number of halogens is 3. The smallest absolute Gasteiger partial charge is 0.327 e. The van der Waals surface area contributed by atoms with Crippen LogP contribution >= 0.6 is 39.1 Å². The van der Waals surface area contributed by atoms with E-state index in [1.807, 2.05) is 0 Å². The van der Waals surface area contributed by atoms with Crippen LogP contribution in [0, 0.1) is 0 Å². The Bertz CT molecular complexity index is 735. The first-order valence-electron chi connectivity index (χ1n) is 7.00. The van der Waals surface area contributed by atoms with Crippen LogP contribution in [-0.2, 0) is 29.6 Å². The normalized spacial score (nSPS) is 17.5. The third kappa shape index (κ3) is 3.89. The molecule has 1 aromatic carbocycles. The van der Waals surface area contributed by atoms with Gasteiger partial charge in [-0.2, -0.15) is 4.72 Å². The van der Waals surface area contributed by atoms with E-state index < -0.39 is 21.5 Å². The number of nitrogens with one attached hydrogen (secondary N) is 1. The molecule has 1 N–H and O–H groups in total. The fourth-order valence-electron chi connectivity index (χ4n) is 2.48. The van der Waals surface area contributed by atoms with Crippen molar-refractivity contribution in [3.63, 3.8) is 0 Å². The Kier molecular flexibility index (Phi) is 6.55. The summed E-state index contributed by atoms with van der Waals surface area (Å²) in [5, 5.41) is 0.660. The maximum atomic E-state index is 12.8. The molecule has 1 heterocycles. The zero-order valence-electron chi connectivity index (χ0n) is 12.8. The summed E-state index contributed by atoms with van der Waals surface area (Å²) in [6.45, 7) is 0.497. The van der Waals surface area contributed by atoms with Crippen LogP contribution in [0.4, 0.5) is 0 Å². The lowest BCUT2D eigenvalue weighted by atomic mass is 9.92. The number of carbonyl (C=O) groups excluding carboxylic acids is 1. The number of hydrogen-bond donors (Lipinski definition) is 1. The number of sulfonamides is 1. The molecule has 6 nitrogen and oxygen atoms in total. The van der Waals surface area contributed by atoms with Gasteiger partial charge in [-0.1, -0.05) is 39.1 Å². The Morgan fingerprint density at radius 2 is 2.00 bits per heavy atom. The molecule has 0 saturated carbocycles. The fourth-order valence-corrected chi connectivity index (χ4v) is 5.71. The van der Waals surface area contributed by atoms with Crippen molar-refractivity contribution in [2.45, 2.75) is 28.6 Å². The summed E-state index contributed by atoms with van der Waals surface area (Å²) in [5.74, 6) is -0.653. The molecule has 2 rings (SSSR count). The predicted octanol–water partition coefficient (Wildman–Crippen LogP) is 2.89. The molecule has 0 amide bonds. The van der Waals surface area contributed by atoms with E-state index in [1.165, 1.54) is 19.2 Å². The molecule has 10 heteroatoms. The minimum atomic E-state index is -4.07. The Morgan fingerprint density at radius 3 is 2.54 bits per heavy atom. The fraction of sp³-hybridized carbons (Fsp3) is 0.500. The molecule has 24 heavy (non-hydrogen) atoms. The highest BCUT2D eigenvalue weighted by Gasteiger charge is 2.45. The molecule has 0 aliphatic carbocycles. The van der Waals surface area contributed by atoms with Crippen LogP contribution < -0.4 is 4.72 Å². The third-order valence-corrected chi connectivity index (χ3v) is 6.86. The van der Waals surface area contributed by atoms with Crippen molar-refractivity contribution >= 4 is 55.1 Å². The van der Waals surface area contributed by atoms with E-state index in [0.29, 0.717) is 15.9 Å². The van der Waals surface area contributed by atoms with Crippen molar-refractivity contribution in [2.24, 2.45) is 0 Å². The van der Waals surface area contributed by atoms with Crippen molar-refractivity contribution < 1.29 is 22.7 Å². The summed E-state index contributed by atoms with van der Waals surface area (Å²) in [6.07, 6.45) is 0.352. The zero-order valence-corrected chi connectivity index (χ0v) is 16.7. The summed E-state index contributed by atoms with van der Waals surface area (Å²) in [5.41, 5.74) is -0.913. The summed E-state index contributed by atoms with van der Waals surface area (Å²) < 4.78 is 38.1. The Balaban J connectivity index is 2.45. The monoisotopic (exact) mass is 459 g/mol. The minimum absolute atomic E-state index is 0.0129. The van der Waals surface area contributed by atoms with Crippen LogP contribution in [0.5, 0.6) is 0 Å². The van der Waals surface area contributed by atoms with Crippen LogP contribution in [0.3, 0.4) is 0 Å². The molecular formula is C14H16BrCl2NO5S.